The van der Waals surface area contributed by atoms with Crippen molar-refractivity contribution in [1.29, 1.82) is 0 Å². The molecule has 1 saturated heterocycles. The molecule has 1 N–H and O–H groups in total. The minimum Gasteiger partial charge on any atom is -0.481 e. The number of halogens is 1. The van der Waals surface area contributed by atoms with Gasteiger partial charge in [0.05, 0.1) is 5.41 Å². The van der Waals surface area contributed by atoms with Crippen LogP contribution in [0.1, 0.15) is 25.3 Å². The maximum atomic E-state index is 12.1. The quantitative estimate of drug-likeness (QED) is 0.850. The molecule has 0 unspecified atom stereocenters. The Labute approximate surface area is 132 Å². The maximum absolute atomic E-state index is 12.1. The molecule has 0 atom stereocenters. The monoisotopic (exact) mass is 351 g/mol. The number of rotatable bonds is 3. The van der Waals surface area contributed by atoms with Crippen molar-refractivity contribution in [3.63, 3.8) is 0 Å². The van der Waals surface area contributed by atoms with Crippen LogP contribution in [-0.4, -0.2) is 35.0 Å². The van der Waals surface area contributed by atoms with Gasteiger partial charge in [-0.25, -0.2) is 0 Å². The van der Waals surface area contributed by atoms with Gasteiger partial charge >= 0.3 is 5.97 Å². The average molecular weight is 352 g/mol. The van der Waals surface area contributed by atoms with E-state index in [-0.39, 0.29) is 5.91 Å². The smallest absolute Gasteiger partial charge is 0.309 e. The third-order valence-electron chi connectivity index (χ3n) is 4.01. The molecule has 0 bridgehead atoms. The standard InChI is InChI=1S/C16H18BrNO3/c1-16(15(20)21)8-10-18(11-9-16)14(19)7-6-12-4-2-3-5-13(12)17/h2-7H,8-11H2,1H3,(H,20,21). The van der Waals surface area contributed by atoms with E-state index in [1.165, 1.54) is 0 Å². The van der Waals surface area contributed by atoms with Gasteiger partial charge in [-0.1, -0.05) is 34.1 Å². The van der Waals surface area contributed by atoms with Crippen molar-refractivity contribution in [3.05, 3.63) is 40.4 Å². The number of piperidine rings is 1. The highest BCUT2D eigenvalue weighted by molar-refractivity contribution is 9.10. The van der Waals surface area contributed by atoms with Gasteiger partial charge in [0.25, 0.3) is 0 Å². The van der Waals surface area contributed by atoms with Gasteiger partial charge in [-0.2, -0.15) is 0 Å². The molecule has 2 rings (SSSR count). The van der Waals surface area contributed by atoms with Crippen molar-refractivity contribution >= 4 is 33.9 Å². The summed E-state index contributed by atoms with van der Waals surface area (Å²) in [5, 5.41) is 9.18. The normalized spacial score (nSPS) is 17.9. The molecule has 0 saturated carbocycles. The Kier molecular flexibility index (Phi) is 4.83. The first-order valence-electron chi connectivity index (χ1n) is 6.87. The zero-order chi connectivity index (χ0) is 15.5. The van der Waals surface area contributed by atoms with Crippen molar-refractivity contribution in [1.82, 2.24) is 4.90 Å². The molecule has 112 valence electrons. The highest BCUT2D eigenvalue weighted by Gasteiger charge is 2.37. The summed E-state index contributed by atoms with van der Waals surface area (Å²) in [6.07, 6.45) is 4.31. The summed E-state index contributed by atoms with van der Waals surface area (Å²) in [4.78, 5) is 25.0. The number of hydrogen-bond donors (Lipinski definition) is 1. The highest BCUT2D eigenvalue weighted by atomic mass is 79.9. The third kappa shape index (κ3) is 3.73. The first-order valence-corrected chi connectivity index (χ1v) is 7.67. The Morgan fingerprint density at radius 1 is 1.29 bits per heavy atom. The minimum absolute atomic E-state index is 0.0711. The third-order valence-corrected chi connectivity index (χ3v) is 4.73. The van der Waals surface area contributed by atoms with Crippen molar-refractivity contribution in [2.75, 3.05) is 13.1 Å². The first kappa shape index (κ1) is 15.8. The van der Waals surface area contributed by atoms with Gasteiger partial charge in [-0.3, -0.25) is 9.59 Å². The molecule has 1 aliphatic rings. The van der Waals surface area contributed by atoms with E-state index < -0.39 is 11.4 Å². The van der Waals surface area contributed by atoms with E-state index in [2.05, 4.69) is 15.9 Å². The van der Waals surface area contributed by atoms with Gasteiger partial charge in [-0.05, 0) is 37.5 Å². The number of carbonyl (C=O) groups excluding carboxylic acids is 1. The second kappa shape index (κ2) is 6.43. The van der Waals surface area contributed by atoms with Gasteiger partial charge in [0.15, 0.2) is 0 Å². The van der Waals surface area contributed by atoms with Gasteiger partial charge in [-0.15, -0.1) is 0 Å². The molecule has 0 aliphatic carbocycles. The number of carboxylic acid groups (broad SMARTS) is 1. The highest BCUT2D eigenvalue weighted by Crippen LogP contribution is 2.31. The number of hydrogen-bond acceptors (Lipinski definition) is 2. The van der Waals surface area contributed by atoms with Crippen LogP contribution >= 0.6 is 15.9 Å². The Bertz CT molecular complexity index is 575. The van der Waals surface area contributed by atoms with Crippen molar-refractivity contribution in [3.8, 4) is 0 Å². The summed E-state index contributed by atoms with van der Waals surface area (Å²) in [6, 6.07) is 7.67. The van der Waals surface area contributed by atoms with Crippen LogP contribution < -0.4 is 0 Å². The molecule has 5 heteroatoms. The van der Waals surface area contributed by atoms with Crippen molar-refractivity contribution < 1.29 is 14.7 Å². The van der Waals surface area contributed by atoms with Crippen LogP contribution in [0, 0.1) is 5.41 Å². The fourth-order valence-electron chi connectivity index (χ4n) is 2.31. The second-order valence-corrected chi connectivity index (χ2v) is 6.40. The topological polar surface area (TPSA) is 57.6 Å². The molecule has 21 heavy (non-hydrogen) atoms. The van der Waals surface area contributed by atoms with Crippen molar-refractivity contribution in [2.45, 2.75) is 19.8 Å². The molecule has 1 fully saturated rings. The molecule has 0 aromatic heterocycles. The van der Waals surface area contributed by atoms with Gasteiger partial charge in [0, 0.05) is 23.6 Å². The number of carbonyl (C=O) groups is 2. The maximum Gasteiger partial charge on any atom is 0.309 e. The predicted molar refractivity (Wildman–Crippen MR) is 84.7 cm³/mol. The van der Waals surface area contributed by atoms with Crippen LogP contribution in [-0.2, 0) is 9.59 Å². The van der Waals surface area contributed by atoms with Crippen LogP contribution in [0.3, 0.4) is 0 Å². The Hall–Kier alpha value is -1.62. The lowest BCUT2D eigenvalue weighted by Gasteiger charge is -2.35. The predicted octanol–water partition coefficient (Wildman–Crippen LogP) is 3.18. The van der Waals surface area contributed by atoms with E-state index in [0.29, 0.717) is 25.9 Å². The number of benzene rings is 1. The van der Waals surface area contributed by atoms with E-state index in [1.54, 1.807) is 24.0 Å². The van der Waals surface area contributed by atoms with Gasteiger partial charge in [0.1, 0.15) is 0 Å². The largest absolute Gasteiger partial charge is 0.481 e. The van der Waals surface area contributed by atoms with Gasteiger partial charge < -0.3 is 10.0 Å². The number of likely N-dealkylation sites (tertiary alicyclic amines) is 1. The zero-order valence-corrected chi connectivity index (χ0v) is 13.5. The van der Waals surface area contributed by atoms with E-state index in [0.717, 1.165) is 10.0 Å². The van der Waals surface area contributed by atoms with Crippen LogP contribution in [0.4, 0.5) is 0 Å². The lowest BCUT2D eigenvalue weighted by molar-refractivity contribution is -0.152. The van der Waals surface area contributed by atoms with Crippen LogP contribution in [0.25, 0.3) is 6.08 Å². The first-order chi connectivity index (χ1) is 9.92. The van der Waals surface area contributed by atoms with E-state index in [9.17, 15) is 14.7 Å². The lowest BCUT2D eigenvalue weighted by atomic mass is 9.80. The second-order valence-electron chi connectivity index (χ2n) is 5.55. The molecule has 1 amide bonds. The molecular weight excluding hydrogens is 334 g/mol. The van der Waals surface area contributed by atoms with E-state index in [1.807, 2.05) is 24.3 Å². The average Bonchev–Trinajstić information content (AvgIpc) is 2.46. The molecule has 1 aromatic carbocycles. The number of amides is 1. The van der Waals surface area contributed by atoms with E-state index in [4.69, 9.17) is 0 Å². The number of aliphatic carboxylic acids is 1. The number of nitrogens with zero attached hydrogens (tertiary/aromatic N) is 1. The number of carboxylic acids is 1. The van der Waals surface area contributed by atoms with Gasteiger partial charge in [0.2, 0.25) is 5.91 Å². The minimum atomic E-state index is -0.779. The molecule has 0 radical (unpaired) electrons. The zero-order valence-electron chi connectivity index (χ0n) is 11.9. The molecule has 1 aliphatic heterocycles. The molecular formula is C16H18BrNO3. The molecule has 1 heterocycles. The van der Waals surface area contributed by atoms with E-state index >= 15 is 0 Å². The molecule has 4 nitrogen and oxygen atoms in total. The Morgan fingerprint density at radius 3 is 2.48 bits per heavy atom. The Morgan fingerprint density at radius 2 is 1.90 bits per heavy atom. The fraction of sp³-hybridized carbons (Fsp3) is 0.375. The summed E-state index contributed by atoms with van der Waals surface area (Å²) in [5.74, 6) is -0.850. The lowest BCUT2D eigenvalue weighted by Crippen LogP contribution is -2.44. The van der Waals surface area contributed by atoms with Crippen LogP contribution in [0.2, 0.25) is 0 Å². The summed E-state index contributed by atoms with van der Waals surface area (Å²) in [7, 11) is 0. The summed E-state index contributed by atoms with van der Waals surface area (Å²) < 4.78 is 0.936. The SMILES string of the molecule is CC1(C(=O)O)CCN(C(=O)C=Cc2ccccc2Br)CC1. The fourth-order valence-corrected chi connectivity index (χ4v) is 2.73. The van der Waals surface area contributed by atoms with Crippen LogP contribution in [0.15, 0.2) is 34.8 Å². The Balaban J connectivity index is 1.97. The molecule has 1 aromatic rings. The molecule has 0 spiro atoms. The van der Waals surface area contributed by atoms with Crippen LogP contribution in [0.5, 0.6) is 0 Å². The van der Waals surface area contributed by atoms with Crippen molar-refractivity contribution in [2.24, 2.45) is 5.41 Å². The summed E-state index contributed by atoms with van der Waals surface area (Å²) >= 11 is 3.43. The summed E-state index contributed by atoms with van der Waals surface area (Å²) in [5.41, 5.74) is 0.237. The summed E-state index contributed by atoms with van der Waals surface area (Å²) in [6.45, 7) is 2.72.